The van der Waals surface area contributed by atoms with Gasteiger partial charge in [0.15, 0.2) is 0 Å². The largest absolute Gasteiger partial charge is 0.478 e. The highest BCUT2D eigenvalue weighted by Crippen LogP contribution is 2.33. The lowest BCUT2D eigenvalue weighted by atomic mass is 10.1. The van der Waals surface area contributed by atoms with Crippen LogP contribution in [0, 0.1) is 5.92 Å². The molecule has 19 heavy (non-hydrogen) atoms. The third-order valence-electron chi connectivity index (χ3n) is 3.13. The third kappa shape index (κ3) is 3.78. The number of carbonyl (C=O) groups is 2. The van der Waals surface area contributed by atoms with Gasteiger partial charge in [0.25, 0.3) is 0 Å². The Bertz CT molecular complexity index is 515. The van der Waals surface area contributed by atoms with E-state index in [9.17, 15) is 9.59 Å². The number of aromatic carboxylic acids is 1. The van der Waals surface area contributed by atoms with Crippen molar-refractivity contribution in [2.45, 2.75) is 25.3 Å². The van der Waals surface area contributed by atoms with Crippen LogP contribution in [0.2, 0.25) is 0 Å². The van der Waals surface area contributed by atoms with E-state index >= 15 is 0 Å². The monoisotopic (exact) mass is 326 g/mol. The summed E-state index contributed by atoms with van der Waals surface area (Å²) in [5.41, 5.74) is 6.23. The lowest BCUT2D eigenvalue weighted by Gasteiger charge is -2.12. The molecule has 0 spiro atoms. The molecule has 1 aromatic rings. The Morgan fingerprint density at radius 2 is 2.16 bits per heavy atom. The number of hydrogen-bond acceptors (Lipinski definition) is 3. The number of carbonyl (C=O) groups excluding carboxylic acids is 1. The maximum Gasteiger partial charge on any atom is 0.337 e. The molecular formula is C13H15BrN2O3. The summed E-state index contributed by atoms with van der Waals surface area (Å²) in [5.74, 6) is -0.888. The fraction of sp³-hybridized carbons (Fsp3) is 0.385. The minimum Gasteiger partial charge on any atom is -0.478 e. The van der Waals surface area contributed by atoms with E-state index in [1.807, 2.05) is 0 Å². The highest BCUT2D eigenvalue weighted by Gasteiger charge is 2.30. The molecule has 0 bridgehead atoms. The van der Waals surface area contributed by atoms with Gasteiger partial charge in [0.05, 0.1) is 11.3 Å². The van der Waals surface area contributed by atoms with E-state index < -0.39 is 5.97 Å². The molecule has 1 aliphatic rings. The highest BCUT2D eigenvalue weighted by molar-refractivity contribution is 9.10. The Kier molecular flexibility index (Phi) is 4.21. The molecular weight excluding hydrogens is 312 g/mol. The summed E-state index contributed by atoms with van der Waals surface area (Å²) in [6, 6.07) is 4.50. The molecule has 1 unspecified atom stereocenters. The third-order valence-corrected chi connectivity index (χ3v) is 3.63. The van der Waals surface area contributed by atoms with Crippen molar-refractivity contribution in [1.29, 1.82) is 0 Å². The normalized spacial score (nSPS) is 15.9. The number of carboxylic acid groups (broad SMARTS) is 1. The molecule has 1 fully saturated rings. The molecule has 102 valence electrons. The van der Waals surface area contributed by atoms with Crippen molar-refractivity contribution in [3.8, 4) is 0 Å². The van der Waals surface area contributed by atoms with Gasteiger partial charge in [-0.15, -0.1) is 0 Å². The first-order chi connectivity index (χ1) is 8.97. The van der Waals surface area contributed by atoms with Crippen LogP contribution in [-0.4, -0.2) is 23.0 Å². The van der Waals surface area contributed by atoms with Gasteiger partial charge in [0.2, 0.25) is 5.91 Å². The molecule has 4 N–H and O–H groups in total. The van der Waals surface area contributed by atoms with Gasteiger partial charge in [-0.1, -0.05) is 15.9 Å². The molecule has 5 nitrogen and oxygen atoms in total. The van der Waals surface area contributed by atoms with Gasteiger partial charge in [-0.3, -0.25) is 4.79 Å². The predicted octanol–water partition coefficient (Wildman–Crippen LogP) is 2.21. The summed E-state index contributed by atoms with van der Waals surface area (Å²) >= 11 is 3.25. The number of rotatable bonds is 5. The van der Waals surface area contributed by atoms with Gasteiger partial charge in [-0.25, -0.2) is 4.79 Å². The molecule has 1 atom stereocenters. The lowest BCUT2D eigenvalue weighted by Crippen LogP contribution is -2.29. The molecule has 1 aromatic carbocycles. The van der Waals surface area contributed by atoms with Crippen LogP contribution in [0.3, 0.4) is 0 Å². The summed E-state index contributed by atoms with van der Waals surface area (Å²) < 4.78 is 0.708. The van der Waals surface area contributed by atoms with Crippen LogP contribution in [0.15, 0.2) is 22.7 Å². The smallest absolute Gasteiger partial charge is 0.337 e. The highest BCUT2D eigenvalue weighted by atomic mass is 79.9. The minimum absolute atomic E-state index is 0.0662. The van der Waals surface area contributed by atoms with Gasteiger partial charge in [-0.05, 0) is 37.0 Å². The standard InChI is InChI=1S/C13H15BrN2O3/c14-8-3-4-9(13(18)19)11(5-8)16-12(17)6-10(15)7-1-2-7/h3-5,7,10H,1-2,6,15H2,(H,16,17)(H,18,19). The first kappa shape index (κ1) is 14.0. The quantitative estimate of drug-likeness (QED) is 0.773. The molecule has 1 amide bonds. The molecule has 0 saturated heterocycles. The van der Waals surface area contributed by atoms with Gasteiger partial charge >= 0.3 is 5.97 Å². The molecule has 0 heterocycles. The Morgan fingerprint density at radius 3 is 2.74 bits per heavy atom. The number of nitrogens with one attached hydrogen (secondary N) is 1. The second-order valence-corrected chi connectivity index (χ2v) is 5.66. The van der Waals surface area contributed by atoms with E-state index in [0.717, 1.165) is 12.8 Å². The summed E-state index contributed by atoms with van der Waals surface area (Å²) in [7, 11) is 0. The zero-order valence-corrected chi connectivity index (χ0v) is 11.8. The Balaban J connectivity index is 2.06. The number of nitrogens with two attached hydrogens (primary N) is 1. The average Bonchev–Trinajstić information content (AvgIpc) is 3.11. The molecule has 0 radical (unpaired) electrons. The predicted molar refractivity (Wildman–Crippen MR) is 75.0 cm³/mol. The number of halogens is 1. The van der Waals surface area contributed by atoms with Gasteiger partial charge in [0.1, 0.15) is 0 Å². The molecule has 2 rings (SSSR count). The van der Waals surface area contributed by atoms with E-state index in [-0.39, 0.29) is 29.6 Å². The fourth-order valence-corrected chi connectivity index (χ4v) is 2.27. The summed E-state index contributed by atoms with van der Waals surface area (Å²) in [6.07, 6.45) is 2.37. The van der Waals surface area contributed by atoms with Crippen molar-refractivity contribution >= 4 is 33.5 Å². The second kappa shape index (κ2) is 5.71. The molecule has 0 aromatic heterocycles. The molecule has 1 aliphatic carbocycles. The van der Waals surface area contributed by atoms with Gasteiger partial charge in [0, 0.05) is 16.9 Å². The van der Waals surface area contributed by atoms with Crippen LogP contribution in [0.25, 0.3) is 0 Å². The van der Waals surface area contributed by atoms with Crippen molar-refractivity contribution in [2.75, 3.05) is 5.32 Å². The van der Waals surface area contributed by atoms with Crippen LogP contribution < -0.4 is 11.1 Å². The zero-order valence-electron chi connectivity index (χ0n) is 10.2. The van der Waals surface area contributed by atoms with Crippen LogP contribution in [0.1, 0.15) is 29.6 Å². The van der Waals surface area contributed by atoms with Gasteiger partial charge in [-0.2, -0.15) is 0 Å². The Morgan fingerprint density at radius 1 is 1.47 bits per heavy atom. The van der Waals surface area contributed by atoms with Crippen LogP contribution in [0.4, 0.5) is 5.69 Å². The summed E-state index contributed by atoms with van der Waals surface area (Å²) in [4.78, 5) is 22.9. The summed E-state index contributed by atoms with van der Waals surface area (Å²) in [5, 5.41) is 11.7. The number of amides is 1. The van der Waals surface area contributed by atoms with Crippen molar-refractivity contribution < 1.29 is 14.7 Å². The topological polar surface area (TPSA) is 92.4 Å². The van der Waals surface area contributed by atoms with Crippen molar-refractivity contribution in [3.05, 3.63) is 28.2 Å². The fourth-order valence-electron chi connectivity index (χ4n) is 1.91. The van der Waals surface area contributed by atoms with Crippen LogP contribution in [0.5, 0.6) is 0 Å². The van der Waals surface area contributed by atoms with E-state index in [0.29, 0.717) is 10.4 Å². The second-order valence-electron chi connectivity index (χ2n) is 4.75. The minimum atomic E-state index is -1.07. The lowest BCUT2D eigenvalue weighted by molar-refractivity contribution is -0.116. The maximum atomic E-state index is 11.8. The van der Waals surface area contributed by atoms with Crippen molar-refractivity contribution in [1.82, 2.24) is 0 Å². The van der Waals surface area contributed by atoms with E-state index in [2.05, 4.69) is 21.2 Å². The van der Waals surface area contributed by atoms with Crippen molar-refractivity contribution in [2.24, 2.45) is 11.7 Å². The number of benzene rings is 1. The maximum absolute atomic E-state index is 11.8. The number of anilines is 1. The zero-order chi connectivity index (χ0) is 14.0. The molecule has 6 heteroatoms. The van der Waals surface area contributed by atoms with Gasteiger partial charge < -0.3 is 16.2 Å². The number of carboxylic acids is 1. The van der Waals surface area contributed by atoms with E-state index in [4.69, 9.17) is 10.8 Å². The van der Waals surface area contributed by atoms with E-state index in [1.165, 1.54) is 6.07 Å². The molecule has 0 aliphatic heterocycles. The Labute approximate surface area is 119 Å². The van der Waals surface area contributed by atoms with Crippen LogP contribution >= 0.6 is 15.9 Å². The Hall–Kier alpha value is -1.40. The number of hydrogen-bond donors (Lipinski definition) is 3. The first-order valence-electron chi connectivity index (χ1n) is 6.05. The van der Waals surface area contributed by atoms with Crippen LogP contribution in [-0.2, 0) is 4.79 Å². The average molecular weight is 327 g/mol. The van der Waals surface area contributed by atoms with E-state index in [1.54, 1.807) is 12.1 Å². The SMILES string of the molecule is NC(CC(=O)Nc1cc(Br)ccc1C(=O)O)C1CC1. The summed E-state index contributed by atoms with van der Waals surface area (Å²) in [6.45, 7) is 0. The first-order valence-corrected chi connectivity index (χ1v) is 6.85. The molecule has 1 saturated carbocycles. The van der Waals surface area contributed by atoms with Crippen molar-refractivity contribution in [3.63, 3.8) is 0 Å².